The summed E-state index contributed by atoms with van der Waals surface area (Å²) in [6.45, 7) is -0.391. The van der Waals surface area contributed by atoms with E-state index >= 15 is 0 Å². The van der Waals surface area contributed by atoms with Gasteiger partial charge in [-0.1, -0.05) is 23.2 Å². The normalized spacial score (nSPS) is 11.1. The van der Waals surface area contributed by atoms with E-state index in [-0.39, 0.29) is 16.4 Å². The van der Waals surface area contributed by atoms with Gasteiger partial charge < -0.3 is 15.5 Å². The molecule has 2 rings (SSSR count). The van der Waals surface area contributed by atoms with Crippen LogP contribution in [0.25, 0.3) is 0 Å². The van der Waals surface area contributed by atoms with Crippen molar-refractivity contribution >= 4 is 46.5 Å². The van der Waals surface area contributed by atoms with Crippen molar-refractivity contribution < 1.29 is 22.8 Å². The molecular formula is C17H15Cl2F3N4O2. The molecule has 11 heteroatoms. The lowest BCUT2D eigenvalue weighted by molar-refractivity contribution is -0.137. The molecule has 1 aromatic carbocycles. The monoisotopic (exact) mass is 434 g/mol. The molecule has 2 N–H and O–H groups in total. The highest BCUT2D eigenvalue weighted by molar-refractivity contribution is 6.31. The van der Waals surface area contributed by atoms with Crippen LogP contribution in [-0.4, -0.2) is 42.3 Å². The Balaban J connectivity index is 2.09. The van der Waals surface area contributed by atoms with Crippen LogP contribution in [0.15, 0.2) is 30.3 Å². The summed E-state index contributed by atoms with van der Waals surface area (Å²) < 4.78 is 38.7. The number of amides is 2. The van der Waals surface area contributed by atoms with Crippen LogP contribution in [0, 0.1) is 0 Å². The first-order valence-electron chi connectivity index (χ1n) is 7.78. The van der Waals surface area contributed by atoms with Crippen molar-refractivity contribution in [2.45, 2.75) is 6.18 Å². The number of aromatic nitrogens is 1. The maximum atomic E-state index is 12.9. The van der Waals surface area contributed by atoms with Crippen molar-refractivity contribution in [1.82, 2.24) is 9.88 Å². The van der Waals surface area contributed by atoms with Crippen LogP contribution in [0.1, 0.15) is 15.9 Å². The predicted molar refractivity (Wildman–Crippen MR) is 101 cm³/mol. The molecule has 6 nitrogen and oxygen atoms in total. The van der Waals surface area contributed by atoms with Crippen LogP contribution in [0.5, 0.6) is 0 Å². The number of hydrogen-bond donors (Lipinski definition) is 2. The highest BCUT2D eigenvalue weighted by Gasteiger charge is 2.33. The SMILES string of the molecule is CNc1cc(C(=O)N(C)CC(=O)Nc2ccc(Cl)c(C(F)(F)F)c2)cc(Cl)n1. The van der Waals surface area contributed by atoms with Gasteiger partial charge >= 0.3 is 6.18 Å². The summed E-state index contributed by atoms with van der Waals surface area (Å²) in [6.07, 6.45) is -4.66. The molecule has 1 aromatic heterocycles. The molecule has 0 aliphatic heterocycles. The Labute approximate surface area is 168 Å². The second-order valence-electron chi connectivity index (χ2n) is 5.72. The van der Waals surface area contributed by atoms with Crippen LogP contribution in [-0.2, 0) is 11.0 Å². The van der Waals surface area contributed by atoms with E-state index in [9.17, 15) is 22.8 Å². The van der Waals surface area contributed by atoms with Crippen LogP contribution in [0.4, 0.5) is 24.7 Å². The zero-order valence-electron chi connectivity index (χ0n) is 14.7. The van der Waals surface area contributed by atoms with Crippen molar-refractivity contribution in [3.63, 3.8) is 0 Å². The lowest BCUT2D eigenvalue weighted by atomic mass is 10.2. The van der Waals surface area contributed by atoms with Gasteiger partial charge in [0.2, 0.25) is 5.91 Å². The minimum Gasteiger partial charge on any atom is -0.373 e. The molecule has 28 heavy (non-hydrogen) atoms. The third-order valence-corrected chi connectivity index (χ3v) is 4.10. The van der Waals surface area contributed by atoms with E-state index < -0.39 is 35.1 Å². The quantitative estimate of drug-likeness (QED) is 0.692. The number of nitrogens with one attached hydrogen (secondary N) is 2. The largest absolute Gasteiger partial charge is 0.417 e. The second-order valence-corrected chi connectivity index (χ2v) is 6.51. The van der Waals surface area contributed by atoms with E-state index in [1.165, 1.54) is 25.2 Å². The molecule has 0 bridgehead atoms. The molecule has 0 saturated carbocycles. The number of pyridine rings is 1. The number of likely N-dealkylation sites (N-methyl/N-ethyl adjacent to an activating group) is 1. The predicted octanol–water partition coefficient (Wildman–Crippen LogP) is 4.16. The zero-order chi connectivity index (χ0) is 21.1. The fourth-order valence-corrected chi connectivity index (χ4v) is 2.71. The zero-order valence-corrected chi connectivity index (χ0v) is 16.2. The van der Waals surface area contributed by atoms with Gasteiger partial charge in [-0.2, -0.15) is 13.2 Å². The van der Waals surface area contributed by atoms with Crippen molar-refractivity contribution in [1.29, 1.82) is 0 Å². The summed E-state index contributed by atoms with van der Waals surface area (Å²) in [5.74, 6) is -0.821. The van der Waals surface area contributed by atoms with E-state index in [0.29, 0.717) is 5.82 Å². The molecule has 0 spiro atoms. The van der Waals surface area contributed by atoms with E-state index in [1.807, 2.05) is 0 Å². The highest BCUT2D eigenvalue weighted by Crippen LogP contribution is 2.36. The van der Waals surface area contributed by atoms with Gasteiger partial charge in [0.05, 0.1) is 17.1 Å². The second kappa shape index (κ2) is 8.66. The fraction of sp³-hybridized carbons (Fsp3) is 0.235. The van der Waals surface area contributed by atoms with Gasteiger partial charge in [0, 0.05) is 25.3 Å². The Hall–Kier alpha value is -2.52. The van der Waals surface area contributed by atoms with Gasteiger partial charge in [-0.15, -0.1) is 0 Å². The Morgan fingerprint density at radius 1 is 1.18 bits per heavy atom. The van der Waals surface area contributed by atoms with Crippen molar-refractivity contribution in [2.75, 3.05) is 31.3 Å². The topological polar surface area (TPSA) is 74.3 Å². The average molecular weight is 435 g/mol. The van der Waals surface area contributed by atoms with Crippen LogP contribution in [0.3, 0.4) is 0 Å². The van der Waals surface area contributed by atoms with Crippen molar-refractivity contribution in [3.05, 3.63) is 51.6 Å². The summed E-state index contributed by atoms with van der Waals surface area (Å²) in [5.41, 5.74) is -0.958. The number of halogens is 5. The molecule has 0 saturated heterocycles. The van der Waals surface area contributed by atoms with E-state index in [4.69, 9.17) is 23.2 Å². The molecule has 0 unspecified atom stereocenters. The van der Waals surface area contributed by atoms with Crippen LogP contribution < -0.4 is 10.6 Å². The summed E-state index contributed by atoms with van der Waals surface area (Å²) >= 11 is 11.4. The molecule has 0 fully saturated rings. The lowest BCUT2D eigenvalue weighted by Gasteiger charge is -2.18. The number of carbonyl (C=O) groups excluding carboxylic acids is 2. The molecule has 1 heterocycles. The molecule has 0 radical (unpaired) electrons. The van der Waals surface area contributed by atoms with Gasteiger partial charge in [0.25, 0.3) is 5.91 Å². The number of hydrogen-bond acceptors (Lipinski definition) is 4. The minimum absolute atomic E-state index is 0.0907. The van der Waals surface area contributed by atoms with Gasteiger partial charge in [0.1, 0.15) is 11.0 Å². The Bertz CT molecular complexity index is 906. The molecule has 0 atom stereocenters. The van der Waals surface area contributed by atoms with Crippen molar-refractivity contribution in [3.8, 4) is 0 Å². The summed E-state index contributed by atoms with van der Waals surface area (Å²) in [5, 5.41) is 4.67. The summed E-state index contributed by atoms with van der Waals surface area (Å²) in [7, 11) is 2.98. The molecule has 150 valence electrons. The van der Waals surface area contributed by atoms with Crippen LogP contribution >= 0.6 is 23.2 Å². The summed E-state index contributed by atoms with van der Waals surface area (Å²) in [4.78, 5) is 29.6. The summed E-state index contributed by atoms with van der Waals surface area (Å²) in [6, 6.07) is 5.79. The maximum absolute atomic E-state index is 12.9. The lowest BCUT2D eigenvalue weighted by Crippen LogP contribution is -2.35. The van der Waals surface area contributed by atoms with E-state index in [2.05, 4.69) is 15.6 Å². The van der Waals surface area contributed by atoms with Crippen LogP contribution in [0.2, 0.25) is 10.2 Å². The Morgan fingerprint density at radius 3 is 2.46 bits per heavy atom. The third-order valence-electron chi connectivity index (χ3n) is 3.58. The molecular weight excluding hydrogens is 420 g/mol. The van der Waals surface area contributed by atoms with Gasteiger partial charge in [0.15, 0.2) is 0 Å². The van der Waals surface area contributed by atoms with Gasteiger partial charge in [-0.3, -0.25) is 9.59 Å². The molecule has 0 aliphatic carbocycles. The van der Waals surface area contributed by atoms with Gasteiger partial charge in [-0.25, -0.2) is 4.98 Å². The number of nitrogens with zero attached hydrogens (tertiary/aromatic N) is 2. The number of carbonyl (C=O) groups is 2. The average Bonchev–Trinajstić information content (AvgIpc) is 2.60. The standard InChI is InChI=1S/C17H15Cl2F3N4O2/c1-23-14-6-9(5-13(19)25-14)16(28)26(2)8-15(27)24-10-3-4-12(18)11(7-10)17(20,21)22/h3-7H,8H2,1-2H3,(H,23,25)(H,24,27). The van der Waals surface area contributed by atoms with E-state index in [1.54, 1.807) is 7.05 Å². The number of anilines is 2. The Kier molecular flexibility index (Phi) is 6.73. The first-order chi connectivity index (χ1) is 13.0. The minimum atomic E-state index is -4.66. The smallest absolute Gasteiger partial charge is 0.373 e. The fourth-order valence-electron chi connectivity index (χ4n) is 2.28. The molecule has 0 aliphatic rings. The maximum Gasteiger partial charge on any atom is 0.417 e. The number of rotatable bonds is 5. The number of benzene rings is 1. The molecule has 2 aromatic rings. The van der Waals surface area contributed by atoms with Crippen molar-refractivity contribution in [2.24, 2.45) is 0 Å². The first-order valence-corrected chi connectivity index (χ1v) is 8.54. The van der Waals surface area contributed by atoms with E-state index in [0.717, 1.165) is 17.0 Å². The third kappa shape index (κ3) is 5.49. The molecule has 2 amide bonds. The number of alkyl halides is 3. The van der Waals surface area contributed by atoms with Gasteiger partial charge in [-0.05, 0) is 30.3 Å². The Morgan fingerprint density at radius 2 is 1.86 bits per heavy atom. The first kappa shape index (κ1) is 21.8. The highest BCUT2D eigenvalue weighted by atomic mass is 35.5.